The monoisotopic (exact) mass is 266 g/mol. The number of aryl methyl sites for hydroxylation is 1. The van der Waals surface area contributed by atoms with Gasteiger partial charge in [-0.3, -0.25) is 0 Å². The molecular formula is C13H15FN2O3. The minimum absolute atomic E-state index is 0.0122. The molecule has 0 saturated heterocycles. The van der Waals surface area contributed by atoms with E-state index in [0.29, 0.717) is 11.3 Å². The van der Waals surface area contributed by atoms with Crippen LogP contribution in [0.25, 0.3) is 0 Å². The molecule has 0 bridgehead atoms. The number of carbonyl (C=O) groups excluding carboxylic acids is 1. The lowest BCUT2D eigenvalue weighted by molar-refractivity contribution is -0.139. The molecule has 6 heteroatoms. The van der Waals surface area contributed by atoms with E-state index in [-0.39, 0.29) is 11.7 Å². The van der Waals surface area contributed by atoms with Gasteiger partial charge in [0.15, 0.2) is 0 Å². The lowest BCUT2D eigenvalue weighted by atomic mass is 10.2. The molecule has 5 nitrogen and oxygen atoms in total. The van der Waals surface area contributed by atoms with Crippen molar-refractivity contribution in [1.82, 2.24) is 5.32 Å². The molecule has 1 aromatic carbocycles. The molecular weight excluding hydrogens is 251 g/mol. The first-order valence-electron chi connectivity index (χ1n) is 6.04. The average molecular weight is 266 g/mol. The summed E-state index contributed by atoms with van der Waals surface area (Å²) in [5.41, 5.74) is 0.839. The molecule has 2 amide bonds. The highest BCUT2D eigenvalue weighted by Crippen LogP contribution is 2.32. The van der Waals surface area contributed by atoms with Gasteiger partial charge in [-0.15, -0.1) is 0 Å². The summed E-state index contributed by atoms with van der Waals surface area (Å²) in [7, 11) is 0. The number of halogens is 1. The van der Waals surface area contributed by atoms with Crippen LogP contribution in [0.1, 0.15) is 18.4 Å². The predicted octanol–water partition coefficient (Wildman–Crippen LogP) is 2.12. The molecule has 1 aromatic rings. The van der Waals surface area contributed by atoms with Crippen molar-refractivity contribution in [3.63, 3.8) is 0 Å². The molecule has 19 heavy (non-hydrogen) atoms. The molecule has 1 aliphatic rings. The largest absolute Gasteiger partial charge is 0.480 e. The van der Waals surface area contributed by atoms with E-state index in [2.05, 4.69) is 10.6 Å². The second-order valence-electron chi connectivity index (χ2n) is 4.72. The van der Waals surface area contributed by atoms with Crippen molar-refractivity contribution >= 4 is 17.7 Å². The van der Waals surface area contributed by atoms with E-state index < -0.39 is 18.0 Å². The molecule has 0 aromatic heterocycles. The minimum atomic E-state index is -1.03. The Bertz CT molecular complexity index is 515. The third-order valence-corrected chi connectivity index (χ3v) is 3.06. The van der Waals surface area contributed by atoms with Gasteiger partial charge in [-0.25, -0.2) is 14.0 Å². The highest BCUT2D eigenvalue weighted by Gasteiger charge is 2.37. The van der Waals surface area contributed by atoms with Crippen molar-refractivity contribution in [1.29, 1.82) is 0 Å². The number of carboxylic acid groups (broad SMARTS) is 1. The zero-order valence-corrected chi connectivity index (χ0v) is 10.4. The summed E-state index contributed by atoms with van der Waals surface area (Å²) in [4.78, 5) is 22.7. The number of urea groups is 1. The first-order valence-corrected chi connectivity index (χ1v) is 6.04. The summed E-state index contributed by atoms with van der Waals surface area (Å²) < 4.78 is 13.1. The molecule has 1 atom stereocenters. The summed E-state index contributed by atoms with van der Waals surface area (Å²) >= 11 is 0. The smallest absolute Gasteiger partial charge is 0.326 e. The average Bonchev–Trinajstić information content (AvgIpc) is 3.14. The molecule has 1 fully saturated rings. The quantitative estimate of drug-likeness (QED) is 0.781. The number of rotatable bonds is 4. The molecule has 102 valence electrons. The third-order valence-electron chi connectivity index (χ3n) is 3.06. The maximum Gasteiger partial charge on any atom is 0.326 e. The number of hydrogen-bond donors (Lipinski definition) is 3. The molecule has 1 saturated carbocycles. The Hall–Kier alpha value is -2.11. The number of anilines is 1. The van der Waals surface area contributed by atoms with Crippen LogP contribution < -0.4 is 10.6 Å². The second-order valence-corrected chi connectivity index (χ2v) is 4.72. The van der Waals surface area contributed by atoms with Crippen molar-refractivity contribution in [3.8, 4) is 0 Å². The number of carbonyl (C=O) groups is 2. The first-order chi connectivity index (χ1) is 8.97. The number of benzene rings is 1. The Balaban J connectivity index is 1.96. The number of amides is 2. The van der Waals surface area contributed by atoms with Gasteiger partial charge in [-0.1, -0.05) is 0 Å². The van der Waals surface area contributed by atoms with E-state index in [1.807, 2.05) is 0 Å². The Morgan fingerprint density at radius 3 is 2.63 bits per heavy atom. The van der Waals surface area contributed by atoms with E-state index in [4.69, 9.17) is 5.11 Å². The highest BCUT2D eigenvalue weighted by molar-refractivity contribution is 5.92. The van der Waals surface area contributed by atoms with Crippen LogP contribution in [-0.4, -0.2) is 23.1 Å². The predicted molar refractivity (Wildman–Crippen MR) is 67.4 cm³/mol. The topological polar surface area (TPSA) is 78.4 Å². The van der Waals surface area contributed by atoms with Gasteiger partial charge in [0.25, 0.3) is 0 Å². The van der Waals surface area contributed by atoms with Gasteiger partial charge in [0.2, 0.25) is 0 Å². The van der Waals surface area contributed by atoms with E-state index in [9.17, 15) is 14.0 Å². The molecule has 0 aliphatic heterocycles. The summed E-state index contributed by atoms with van der Waals surface area (Å²) in [5, 5.41) is 13.9. The number of aliphatic carboxylic acids is 1. The Kier molecular flexibility index (Phi) is 3.69. The highest BCUT2D eigenvalue weighted by atomic mass is 19.1. The fourth-order valence-electron chi connectivity index (χ4n) is 1.84. The lowest BCUT2D eigenvalue weighted by Gasteiger charge is -2.14. The third kappa shape index (κ3) is 3.43. The van der Waals surface area contributed by atoms with Crippen molar-refractivity contribution in [2.24, 2.45) is 5.92 Å². The van der Waals surface area contributed by atoms with Crippen molar-refractivity contribution in [3.05, 3.63) is 29.6 Å². The fraction of sp³-hybridized carbons (Fsp3) is 0.385. The number of hydrogen-bond acceptors (Lipinski definition) is 2. The lowest BCUT2D eigenvalue weighted by Crippen LogP contribution is -2.44. The van der Waals surface area contributed by atoms with Crippen LogP contribution in [0.3, 0.4) is 0 Å². The van der Waals surface area contributed by atoms with Crippen molar-refractivity contribution in [2.45, 2.75) is 25.8 Å². The molecule has 0 radical (unpaired) electrons. The second kappa shape index (κ2) is 5.26. The van der Waals surface area contributed by atoms with Crippen LogP contribution >= 0.6 is 0 Å². The molecule has 0 spiro atoms. The van der Waals surface area contributed by atoms with Crippen molar-refractivity contribution in [2.75, 3.05) is 5.32 Å². The Morgan fingerprint density at radius 2 is 2.11 bits per heavy atom. The van der Waals surface area contributed by atoms with Gasteiger partial charge >= 0.3 is 12.0 Å². The molecule has 2 rings (SSSR count). The number of nitrogens with one attached hydrogen (secondary N) is 2. The van der Waals surface area contributed by atoms with E-state index in [1.165, 1.54) is 18.2 Å². The normalized spacial score (nSPS) is 15.7. The minimum Gasteiger partial charge on any atom is -0.480 e. The van der Waals surface area contributed by atoms with Gasteiger partial charge < -0.3 is 15.7 Å². The van der Waals surface area contributed by atoms with Crippen LogP contribution in [0.2, 0.25) is 0 Å². The van der Waals surface area contributed by atoms with E-state index >= 15 is 0 Å². The molecule has 3 N–H and O–H groups in total. The van der Waals surface area contributed by atoms with E-state index in [0.717, 1.165) is 12.8 Å². The van der Waals surface area contributed by atoms with E-state index in [1.54, 1.807) is 6.92 Å². The van der Waals surface area contributed by atoms with Gasteiger partial charge in [0.1, 0.15) is 11.9 Å². The van der Waals surface area contributed by atoms with Crippen LogP contribution in [-0.2, 0) is 4.79 Å². The summed E-state index contributed by atoms with van der Waals surface area (Å²) in [6.45, 7) is 1.59. The van der Waals surface area contributed by atoms with Crippen LogP contribution in [0.5, 0.6) is 0 Å². The van der Waals surface area contributed by atoms with Crippen molar-refractivity contribution < 1.29 is 19.1 Å². The first kappa shape index (κ1) is 13.3. The van der Waals surface area contributed by atoms with Crippen LogP contribution in [0, 0.1) is 18.7 Å². The standard InChI is InChI=1S/C13H15FN2O3/c1-7-6-9(4-5-10(7)14)15-13(19)16-11(12(17)18)8-2-3-8/h4-6,8,11H,2-3H2,1H3,(H,17,18)(H2,15,16,19). The van der Waals surface area contributed by atoms with Crippen LogP contribution in [0.15, 0.2) is 18.2 Å². The fourth-order valence-corrected chi connectivity index (χ4v) is 1.84. The SMILES string of the molecule is Cc1cc(NC(=O)NC(C(=O)O)C2CC2)ccc1F. The van der Waals surface area contributed by atoms with Crippen LogP contribution in [0.4, 0.5) is 14.9 Å². The maximum atomic E-state index is 13.1. The Labute approximate surface area is 109 Å². The maximum absolute atomic E-state index is 13.1. The summed E-state index contributed by atoms with van der Waals surface area (Å²) in [6.07, 6.45) is 1.62. The summed E-state index contributed by atoms with van der Waals surface area (Å²) in [5.74, 6) is -1.38. The Morgan fingerprint density at radius 1 is 1.42 bits per heavy atom. The molecule has 1 aliphatic carbocycles. The zero-order valence-electron chi connectivity index (χ0n) is 10.4. The number of carboxylic acids is 1. The van der Waals surface area contributed by atoms with Gasteiger partial charge in [0.05, 0.1) is 0 Å². The molecule has 0 heterocycles. The van der Waals surface area contributed by atoms with Gasteiger partial charge in [-0.2, -0.15) is 0 Å². The van der Waals surface area contributed by atoms with Gasteiger partial charge in [0, 0.05) is 5.69 Å². The van der Waals surface area contributed by atoms with Gasteiger partial charge in [-0.05, 0) is 49.4 Å². The zero-order chi connectivity index (χ0) is 14.0. The summed E-state index contributed by atoms with van der Waals surface area (Å²) in [6, 6.07) is 2.71. The molecule has 1 unspecified atom stereocenters.